The summed E-state index contributed by atoms with van der Waals surface area (Å²) in [6.07, 6.45) is 7.73. The summed E-state index contributed by atoms with van der Waals surface area (Å²) in [5, 5.41) is 13.5. The Labute approximate surface area is 214 Å². The second-order valence-corrected chi connectivity index (χ2v) is 8.45. The van der Waals surface area contributed by atoms with E-state index in [1.807, 2.05) is 55.7 Å². The van der Waals surface area contributed by atoms with E-state index >= 15 is 0 Å². The maximum atomic E-state index is 9.28. The number of nitriles is 1. The molecular weight excluding hydrogens is 466 g/mol. The van der Waals surface area contributed by atoms with Crippen molar-refractivity contribution in [2.45, 2.75) is 6.42 Å². The van der Waals surface area contributed by atoms with Crippen LogP contribution in [0.4, 0.5) is 11.4 Å². The molecule has 0 aliphatic carbocycles. The van der Waals surface area contributed by atoms with Crippen LogP contribution in [0, 0.1) is 11.3 Å². The number of benzene rings is 2. The van der Waals surface area contributed by atoms with Crippen LogP contribution in [0.25, 0.3) is 22.3 Å². The van der Waals surface area contributed by atoms with Gasteiger partial charge in [0, 0.05) is 73.2 Å². The highest BCUT2D eigenvalue weighted by atomic mass is 16.5. The molecular formula is C28H25N7O2. The number of ether oxygens (including phenoxy) is 2. The van der Waals surface area contributed by atoms with E-state index < -0.39 is 0 Å². The summed E-state index contributed by atoms with van der Waals surface area (Å²) < 4.78 is 12.8. The Morgan fingerprint density at radius 2 is 1.73 bits per heavy atom. The lowest BCUT2D eigenvalue weighted by Gasteiger charge is -2.26. The molecule has 0 radical (unpaired) electrons. The number of nitrogens with zero attached hydrogens (tertiary/aromatic N) is 7. The molecule has 5 rings (SSSR count). The van der Waals surface area contributed by atoms with Crippen LogP contribution in [0.1, 0.15) is 11.3 Å². The van der Waals surface area contributed by atoms with E-state index in [4.69, 9.17) is 14.5 Å². The Kier molecular flexibility index (Phi) is 6.64. The van der Waals surface area contributed by atoms with E-state index in [9.17, 15) is 5.26 Å². The molecule has 0 N–H and O–H groups in total. The topological polar surface area (TPSA) is 102 Å². The standard InChI is InChI=1S/C28H25N7O2/c1-34-18-20(16-32-34)28-17-31-26-5-4-22(13-27(26)33-28)35(9-7-21-10-19(15-29)6-8-30-21)23-11-24(36-2)14-25(12-23)37-3/h4-6,8,10-14,16-18H,7,9H2,1-3H3. The molecule has 37 heavy (non-hydrogen) atoms. The van der Waals surface area contributed by atoms with Gasteiger partial charge in [-0.1, -0.05) is 0 Å². The summed E-state index contributed by atoms with van der Waals surface area (Å²) >= 11 is 0. The van der Waals surface area contributed by atoms with E-state index in [0.29, 0.717) is 30.0 Å². The molecule has 2 aromatic carbocycles. The monoisotopic (exact) mass is 491 g/mol. The number of hydrogen-bond donors (Lipinski definition) is 0. The first-order valence-corrected chi connectivity index (χ1v) is 11.7. The number of fused-ring (bicyclic) bond motifs is 1. The van der Waals surface area contributed by atoms with Gasteiger partial charge in [-0.05, 0) is 30.3 Å². The van der Waals surface area contributed by atoms with Crippen molar-refractivity contribution in [3.63, 3.8) is 0 Å². The van der Waals surface area contributed by atoms with Gasteiger partial charge in [0.2, 0.25) is 0 Å². The van der Waals surface area contributed by atoms with E-state index in [1.165, 1.54) is 0 Å². The average Bonchev–Trinajstić information content (AvgIpc) is 3.38. The fraction of sp³-hybridized carbons (Fsp3) is 0.179. The molecule has 0 saturated heterocycles. The third-order valence-corrected chi connectivity index (χ3v) is 6.02. The highest BCUT2D eigenvalue weighted by Gasteiger charge is 2.15. The van der Waals surface area contributed by atoms with Crippen molar-refractivity contribution in [1.82, 2.24) is 24.7 Å². The van der Waals surface area contributed by atoms with Crippen LogP contribution < -0.4 is 14.4 Å². The van der Waals surface area contributed by atoms with E-state index in [-0.39, 0.29) is 0 Å². The zero-order valence-electron chi connectivity index (χ0n) is 20.8. The lowest BCUT2D eigenvalue weighted by molar-refractivity contribution is 0.394. The third kappa shape index (κ3) is 5.18. The van der Waals surface area contributed by atoms with Gasteiger partial charge in [-0.25, -0.2) is 4.98 Å². The van der Waals surface area contributed by atoms with Crippen molar-refractivity contribution in [3.8, 4) is 28.8 Å². The number of pyridine rings is 1. The molecule has 3 heterocycles. The second kappa shape index (κ2) is 10.3. The first-order valence-electron chi connectivity index (χ1n) is 11.7. The van der Waals surface area contributed by atoms with Gasteiger partial charge in [-0.3, -0.25) is 14.6 Å². The molecule has 0 aliphatic heterocycles. The van der Waals surface area contributed by atoms with Gasteiger partial charge in [0.25, 0.3) is 0 Å². The summed E-state index contributed by atoms with van der Waals surface area (Å²) in [5.74, 6) is 1.37. The Balaban J connectivity index is 1.57. The van der Waals surface area contributed by atoms with Gasteiger partial charge in [0.15, 0.2) is 0 Å². The predicted molar refractivity (Wildman–Crippen MR) is 141 cm³/mol. The molecule has 0 fully saturated rings. The molecule has 9 heteroatoms. The van der Waals surface area contributed by atoms with Crippen molar-refractivity contribution in [2.75, 3.05) is 25.7 Å². The second-order valence-electron chi connectivity index (χ2n) is 8.45. The molecule has 0 spiro atoms. The zero-order valence-corrected chi connectivity index (χ0v) is 20.8. The van der Waals surface area contributed by atoms with Gasteiger partial charge in [0.05, 0.1) is 55.0 Å². The Morgan fingerprint density at radius 3 is 2.43 bits per heavy atom. The highest BCUT2D eigenvalue weighted by Crippen LogP contribution is 2.34. The number of anilines is 2. The minimum absolute atomic E-state index is 0.587. The lowest BCUT2D eigenvalue weighted by atomic mass is 10.1. The van der Waals surface area contributed by atoms with Gasteiger partial charge in [-0.15, -0.1) is 0 Å². The molecule has 0 amide bonds. The van der Waals surface area contributed by atoms with Crippen LogP contribution in [0.3, 0.4) is 0 Å². The number of rotatable bonds is 8. The fourth-order valence-corrected chi connectivity index (χ4v) is 4.13. The summed E-state index contributed by atoms with van der Waals surface area (Å²) in [5.41, 5.74) is 6.46. The molecule has 9 nitrogen and oxygen atoms in total. The van der Waals surface area contributed by atoms with Gasteiger partial charge in [-0.2, -0.15) is 10.4 Å². The normalized spacial score (nSPS) is 10.8. The largest absolute Gasteiger partial charge is 0.497 e. The molecule has 0 bridgehead atoms. The Bertz CT molecular complexity index is 1580. The summed E-state index contributed by atoms with van der Waals surface area (Å²) in [4.78, 5) is 16.1. The average molecular weight is 492 g/mol. The maximum Gasteiger partial charge on any atom is 0.124 e. The van der Waals surface area contributed by atoms with Crippen LogP contribution in [-0.2, 0) is 13.5 Å². The zero-order chi connectivity index (χ0) is 25.8. The van der Waals surface area contributed by atoms with Gasteiger partial charge < -0.3 is 14.4 Å². The Morgan fingerprint density at radius 1 is 0.919 bits per heavy atom. The van der Waals surface area contributed by atoms with Crippen LogP contribution in [0.5, 0.6) is 11.5 Å². The van der Waals surface area contributed by atoms with Crippen LogP contribution >= 0.6 is 0 Å². The van der Waals surface area contributed by atoms with Crippen molar-refractivity contribution in [2.24, 2.45) is 7.05 Å². The van der Waals surface area contributed by atoms with Gasteiger partial charge >= 0.3 is 0 Å². The van der Waals surface area contributed by atoms with Crippen LogP contribution in [-0.4, -0.2) is 45.5 Å². The highest BCUT2D eigenvalue weighted by molar-refractivity contribution is 5.82. The minimum Gasteiger partial charge on any atom is -0.497 e. The molecule has 5 aromatic rings. The van der Waals surface area contributed by atoms with Crippen LogP contribution in [0.15, 0.2) is 73.3 Å². The molecule has 0 atom stereocenters. The lowest BCUT2D eigenvalue weighted by Crippen LogP contribution is -2.21. The maximum absolute atomic E-state index is 9.28. The molecule has 184 valence electrons. The van der Waals surface area contributed by atoms with Crippen molar-refractivity contribution >= 4 is 22.4 Å². The smallest absolute Gasteiger partial charge is 0.124 e. The number of aromatic nitrogens is 5. The fourth-order valence-electron chi connectivity index (χ4n) is 4.13. The Hall–Kier alpha value is -4.97. The molecule has 0 saturated carbocycles. The van der Waals surface area contributed by atoms with Crippen molar-refractivity contribution in [1.29, 1.82) is 5.26 Å². The third-order valence-electron chi connectivity index (χ3n) is 6.02. The number of aryl methyl sites for hydroxylation is 1. The summed E-state index contributed by atoms with van der Waals surface area (Å²) in [6.45, 7) is 0.597. The first-order chi connectivity index (χ1) is 18.1. The number of hydrogen-bond acceptors (Lipinski definition) is 8. The minimum atomic E-state index is 0.587. The first kappa shape index (κ1) is 23.8. The van der Waals surface area contributed by atoms with E-state index in [2.05, 4.69) is 26.0 Å². The predicted octanol–water partition coefficient (Wildman–Crippen LogP) is 4.69. The van der Waals surface area contributed by atoms with E-state index in [1.54, 1.807) is 43.6 Å². The van der Waals surface area contributed by atoms with E-state index in [0.717, 1.165) is 39.4 Å². The van der Waals surface area contributed by atoms with Crippen LogP contribution in [0.2, 0.25) is 0 Å². The number of methoxy groups -OCH3 is 2. The molecule has 3 aromatic heterocycles. The van der Waals surface area contributed by atoms with Crippen molar-refractivity contribution in [3.05, 3.63) is 84.6 Å². The summed E-state index contributed by atoms with van der Waals surface area (Å²) in [6, 6.07) is 17.5. The molecule has 0 aliphatic rings. The SMILES string of the molecule is COc1cc(OC)cc(N(CCc2cc(C#N)ccn2)c2ccc3ncc(-c4cnn(C)c4)nc3c2)c1. The quantitative estimate of drug-likeness (QED) is 0.308. The van der Waals surface area contributed by atoms with Crippen molar-refractivity contribution < 1.29 is 9.47 Å². The summed E-state index contributed by atoms with van der Waals surface area (Å²) in [7, 11) is 5.13. The van der Waals surface area contributed by atoms with Gasteiger partial charge in [0.1, 0.15) is 11.5 Å². The molecule has 0 unspecified atom stereocenters.